The molecule has 2 heterocycles. The molecule has 1 aliphatic rings. The Morgan fingerprint density at radius 1 is 1.29 bits per heavy atom. The van der Waals surface area contributed by atoms with E-state index in [0.717, 1.165) is 49.9 Å². The van der Waals surface area contributed by atoms with Crippen LogP contribution in [0, 0.1) is 0 Å². The summed E-state index contributed by atoms with van der Waals surface area (Å²) in [4.78, 5) is 6.94. The lowest BCUT2D eigenvalue weighted by atomic mass is 10.1. The molecule has 1 aliphatic heterocycles. The predicted molar refractivity (Wildman–Crippen MR) is 93.0 cm³/mol. The molecule has 1 fully saturated rings. The number of guanidine groups is 1. The van der Waals surface area contributed by atoms with Crippen LogP contribution in [-0.2, 0) is 6.54 Å². The molecule has 24 heavy (non-hydrogen) atoms. The van der Waals surface area contributed by atoms with Crippen LogP contribution in [0.15, 0.2) is 52.2 Å². The largest absolute Gasteiger partial charge is 0.490 e. The number of likely N-dealkylation sites (tertiary alicyclic amines) is 1. The summed E-state index contributed by atoms with van der Waals surface area (Å²) in [6.45, 7) is 5.32. The molecular formula is C18H24N4O2. The minimum atomic E-state index is 0.266. The number of nitrogens with one attached hydrogen (secondary N) is 1. The maximum absolute atomic E-state index is 6.05. The lowest BCUT2D eigenvalue weighted by Gasteiger charge is -2.34. The summed E-state index contributed by atoms with van der Waals surface area (Å²) in [5.74, 6) is 1.88. The molecule has 6 nitrogen and oxygen atoms in total. The van der Waals surface area contributed by atoms with E-state index in [9.17, 15) is 0 Å². The normalized spacial score (nSPS) is 16.2. The molecule has 1 saturated heterocycles. The Hall–Kier alpha value is -2.50. The van der Waals surface area contributed by atoms with Gasteiger partial charge in [0.2, 0.25) is 0 Å². The molecule has 0 spiro atoms. The molecule has 0 amide bonds. The van der Waals surface area contributed by atoms with E-state index in [1.807, 2.05) is 36.4 Å². The lowest BCUT2D eigenvalue weighted by molar-refractivity contribution is 0.129. The smallest absolute Gasteiger partial charge is 0.194 e. The Balaban J connectivity index is 1.54. The van der Waals surface area contributed by atoms with E-state index in [0.29, 0.717) is 6.54 Å². The second-order valence-electron chi connectivity index (χ2n) is 5.78. The number of piperidine rings is 1. The van der Waals surface area contributed by atoms with Crippen molar-refractivity contribution in [2.24, 2.45) is 4.99 Å². The van der Waals surface area contributed by atoms with Crippen molar-refractivity contribution in [3.05, 3.63) is 48.4 Å². The zero-order valence-electron chi connectivity index (χ0n) is 14.0. The van der Waals surface area contributed by atoms with Gasteiger partial charge in [-0.3, -0.25) is 0 Å². The van der Waals surface area contributed by atoms with Crippen molar-refractivity contribution in [1.82, 2.24) is 15.4 Å². The minimum Gasteiger partial charge on any atom is -0.490 e. The maximum atomic E-state index is 6.05. The first-order valence-corrected chi connectivity index (χ1v) is 8.49. The Morgan fingerprint density at radius 3 is 2.75 bits per heavy atom. The topological polar surface area (TPSA) is 62.9 Å². The van der Waals surface area contributed by atoms with E-state index < -0.39 is 0 Å². The summed E-state index contributed by atoms with van der Waals surface area (Å²) in [6, 6.07) is 11.9. The standard InChI is InChI=1S/C18H24N4O2/c1-2-19-18(20-14-15-10-13-23-21-15)22-11-8-17(9-12-22)24-16-6-4-3-5-7-16/h3-7,10,13,17H,2,8-9,11-12,14H2,1H3,(H,19,20). The second-order valence-corrected chi connectivity index (χ2v) is 5.78. The fourth-order valence-electron chi connectivity index (χ4n) is 2.78. The van der Waals surface area contributed by atoms with Gasteiger partial charge < -0.3 is 19.5 Å². The Morgan fingerprint density at radius 2 is 2.08 bits per heavy atom. The van der Waals surface area contributed by atoms with Gasteiger partial charge in [-0.2, -0.15) is 0 Å². The van der Waals surface area contributed by atoms with Crippen LogP contribution in [0.25, 0.3) is 0 Å². The highest BCUT2D eigenvalue weighted by molar-refractivity contribution is 5.80. The van der Waals surface area contributed by atoms with Crippen LogP contribution in [0.3, 0.4) is 0 Å². The summed E-state index contributed by atoms with van der Waals surface area (Å²) in [7, 11) is 0. The van der Waals surface area contributed by atoms with E-state index in [1.54, 1.807) is 6.26 Å². The fourth-order valence-corrected chi connectivity index (χ4v) is 2.78. The molecule has 0 atom stereocenters. The molecule has 128 valence electrons. The number of ether oxygens (including phenoxy) is 1. The zero-order chi connectivity index (χ0) is 16.6. The first-order chi connectivity index (χ1) is 11.8. The highest BCUT2D eigenvalue weighted by Crippen LogP contribution is 2.18. The van der Waals surface area contributed by atoms with Crippen molar-refractivity contribution in [1.29, 1.82) is 0 Å². The molecule has 0 unspecified atom stereocenters. The monoisotopic (exact) mass is 328 g/mol. The van der Waals surface area contributed by atoms with Crippen LogP contribution < -0.4 is 10.1 Å². The molecule has 3 rings (SSSR count). The third-order valence-corrected chi connectivity index (χ3v) is 4.00. The summed E-state index contributed by atoms with van der Waals surface area (Å²) in [5.41, 5.74) is 0.840. The molecule has 6 heteroatoms. The van der Waals surface area contributed by atoms with Gasteiger partial charge in [-0.15, -0.1) is 0 Å². The van der Waals surface area contributed by atoms with E-state index in [2.05, 4.69) is 27.3 Å². The number of aliphatic imine (C=N–C) groups is 1. The highest BCUT2D eigenvalue weighted by Gasteiger charge is 2.22. The molecule has 1 aromatic heterocycles. The minimum absolute atomic E-state index is 0.266. The van der Waals surface area contributed by atoms with Crippen LogP contribution in [-0.4, -0.2) is 41.8 Å². The average Bonchev–Trinajstić information content (AvgIpc) is 3.14. The molecule has 1 N–H and O–H groups in total. The summed E-state index contributed by atoms with van der Waals surface area (Å²) < 4.78 is 10.9. The van der Waals surface area contributed by atoms with Gasteiger partial charge in [-0.1, -0.05) is 23.4 Å². The molecule has 2 aromatic rings. The quantitative estimate of drug-likeness (QED) is 0.675. The van der Waals surface area contributed by atoms with E-state index in [1.165, 1.54) is 0 Å². The highest BCUT2D eigenvalue weighted by atomic mass is 16.5. The van der Waals surface area contributed by atoms with Crippen molar-refractivity contribution in [3.63, 3.8) is 0 Å². The van der Waals surface area contributed by atoms with Crippen molar-refractivity contribution in [3.8, 4) is 5.75 Å². The van der Waals surface area contributed by atoms with Gasteiger partial charge in [0, 0.05) is 38.5 Å². The third-order valence-electron chi connectivity index (χ3n) is 4.00. The number of nitrogens with zero attached hydrogens (tertiary/aromatic N) is 3. The number of hydrogen-bond donors (Lipinski definition) is 1. The summed E-state index contributed by atoms with van der Waals surface area (Å²) >= 11 is 0. The third kappa shape index (κ3) is 4.50. The number of rotatable bonds is 5. The molecule has 0 radical (unpaired) electrons. The van der Waals surface area contributed by atoms with Gasteiger partial charge in [0.15, 0.2) is 5.96 Å². The predicted octanol–water partition coefficient (Wildman–Crippen LogP) is 2.68. The fraction of sp³-hybridized carbons (Fsp3) is 0.444. The number of benzene rings is 1. The van der Waals surface area contributed by atoms with Crippen molar-refractivity contribution in [2.75, 3.05) is 19.6 Å². The summed E-state index contributed by atoms with van der Waals surface area (Å²) in [6.07, 6.45) is 3.82. The van der Waals surface area contributed by atoms with E-state index in [4.69, 9.17) is 9.26 Å². The molecule has 1 aromatic carbocycles. The number of hydrogen-bond acceptors (Lipinski definition) is 4. The zero-order valence-corrected chi connectivity index (χ0v) is 14.0. The van der Waals surface area contributed by atoms with Crippen LogP contribution in [0.2, 0.25) is 0 Å². The SMILES string of the molecule is CCNC(=NCc1ccon1)N1CCC(Oc2ccccc2)CC1. The van der Waals surface area contributed by atoms with Crippen LogP contribution in [0.5, 0.6) is 5.75 Å². The lowest BCUT2D eigenvalue weighted by Crippen LogP contribution is -2.47. The van der Waals surface area contributed by atoms with E-state index in [-0.39, 0.29) is 6.10 Å². The first kappa shape index (κ1) is 16.4. The molecule has 0 aliphatic carbocycles. The summed E-state index contributed by atoms with van der Waals surface area (Å²) in [5, 5.41) is 7.26. The van der Waals surface area contributed by atoms with Crippen LogP contribution >= 0.6 is 0 Å². The van der Waals surface area contributed by atoms with E-state index >= 15 is 0 Å². The van der Waals surface area contributed by atoms with Crippen LogP contribution in [0.1, 0.15) is 25.5 Å². The van der Waals surface area contributed by atoms with Crippen LogP contribution in [0.4, 0.5) is 0 Å². The Bertz CT molecular complexity index is 620. The van der Waals surface area contributed by atoms with Gasteiger partial charge >= 0.3 is 0 Å². The van der Waals surface area contributed by atoms with Crippen molar-refractivity contribution < 1.29 is 9.26 Å². The first-order valence-electron chi connectivity index (χ1n) is 8.49. The molecule has 0 saturated carbocycles. The van der Waals surface area contributed by atoms with Gasteiger partial charge in [-0.05, 0) is 19.1 Å². The molecular weight excluding hydrogens is 304 g/mol. The Kier molecular flexibility index (Phi) is 5.71. The van der Waals surface area contributed by atoms with Crippen molar-refractivity contribution >= 4 is 5.96 Å². The van der Waals surface area contributed by atoms with Gasteiger partial charge in [0.05, 0.1) is 6.54 Å². The average molecular weight is 328 g/mol. The van der Waals surface area contributed by atoms with Gasteiger partial charge in [0.1, 0.15) is 23.8 Å². The van der Waals surface area contributed by atoms with Gasteiger partial charge in [0.25, 0.3) is 0 Å². The molecule has 0 bridgehead atoms. The van der Waals surface area contributed by atoms with Crippen molar-refractivity contribution in [2.45, 2.75) is 32.4 Å². The van der Waals surface area contributed by atoms with Gasteiger partial charge in [-0.25, -0.2) is 4.99 Å². The second kappa shape index (κ2) is 8.38. The number of aromatic nitrogens is 1. The number of para-hydroxylation sites is 1. The Labute approximate surface area is 142 Å². The maximum Gasteiger partial charge on any atom is 0.194 e.